The lowest BCUT2D eigenvalue weighted by Gasteiger charge is -2.36. The van der Waals surface area contributed by atoms with Crippen LogP contribution in [0.15, 0.2) is 23.5 Å². The van der Waals surface area contributed by atoms with E-state index >= 15 is 0 Å². The molecule has 104 valence electrons. The number of anilines is 1. The van der Waals surface area contributed by atoms with E-state index in [0.29, 0.717) is 5.69 Å². The van der Waals surface area contributed by atoms with Crippen molar-refractivity contribution in [2.24, 2.45) is 10.9 Å². The molecule has 1 aliphatic carbocycles. The van der Waals surface area contributed by atoms with Gasteiger partial charge in [0.1, 0.15) is 5.69 Å². The molecule has 1 saturated carbocycles. The molecule has 0 amide bonds. The van der Waals surface area contributed by atoms with Crippen LogP contribution in [-0.4, -0.2) is 40.3 Å². The molecule has 0 aliphatic heterocycles. The Morgan fingerprint density at radius 2 is 2.21 bits per heavy atom. The Hall–Kier alpha value is -1.82. The molecule has 6 nitrogen and oxygen atoms in total. The van der Waals surface area contributed by atoms with E-state index in [1.807, 2.05) is 18.0 Å². The van der Waals surface area contributed by atoms with Crippen LogP contribution in [0.1, 0.15) is 31.4 Å². The number of rotatable bonds is 3. The van der Waals surface area contributed by atoms with Gasteiger partial charge in [-0.25, -0.2) is 0 Å². The van der Waals surface area contributed by atoms with Crippen molar-refractivity contribution >= 4 is 11.5 Å². The molecule has 2 rings (SSSR count). The highest BCUT2D eigenvalue weighted by Crippen LogP contribution is 2.26. The predicted octanol–water partition coefficient (Wildman–Crippen LogP) is 0.916. The third-order valence-corrected chi connectivity index (χ3v) is 3.71. The zero-order valence-corrected chi connectivity index (χ0v) is 11.0. The molecule has 1 aromatic heterocycles. The van der Waals surface area contributed by atoms with Crippen LogP contribution in [0.2, 0.25) is 0 Å². The van der Waals surface area contributed by atoms with Gasteiger partial charge in [-0.1, -0.05) is 18.0 Å². The van der Waals surface area contributed by atoms with E-state index in [4.69, 9.17) is 10.9 Å². The van der Waals surface area contributed by atoms with Gasteiger partial charge in [-0.05, 0) is 25.0 Å². The first kappa shape index (κ1) is 13.6. The van der Waals surface area contributed by atoms with E-state index in [0.717, 1.165) is 31.4 Å². The number of likely N-dealkylation sites (N-methyl/N-ethyl adjacent to an activating group) is 1. The molecule has 2 unspecified atom stereocenters. The molecular weight excluding hydrogens is 244 g/mol. The Bertz CT molecular complexity index is 464. The van der Waals surface area contributed by atoms with Crippen LogP contribution in [0.5, 0.6) is 0 Å². The lowest BCUT2D eigenvalue weighted by atomic mass is 9.91. The quantitative estimate of drug-likeness (QED) is 0.326. The Morgan fingerprint density at radius 1 is 1.47 bits per heavy atom. The summed E-state index contributed by atoms with van der Waals surface area (Å²) in [6.45, 7) is 0. The van der Waals surface area contributed by atoms with Crippen molar-refractivity contribution in [2.75, 3.05) is 11.9 Å². The zero-order chi connectivity index (χ0) is 13.8. The minimum atomic E-state index is -0.306. The van der Waals surface area contributed by atoms with Gasteiger partial charge in [0.15, 0.2) is 5.84 Å². The minimum Gasteiger partial charge on any atom is -0.409 e. The third-order valence-electron chi connectivity index (χ3n) is 3.71. The number of oxime groups is 1. The summed E-state index contributed by atoms with van der Waals surface area (Å²) in [5.74, 6) is -0.0144. The third kappa shape index (κ3) is 2.96. The van der Waals surface area contributed by atoms with Crippen molar-refractivity contribution in [1.29, 1.82) is 0 Å². The molecule has 1 aromatic rings. The van der Waals surface area contributed by atoms with Crippen LogP contribution in [-0.2, 0) is 0 Å². The SMILES string of the molecule is CN(c1ccnc(/C(N)=N/O)c1)C1CCCCC1O. The molecule has 2 atom stereocenters. The average Bonchev–Trinajstić information content (AvgIpc) is 2.46. The number of hydrogen-bond donors (Lipinski definition) is 3. The molecule has 0 aromatic carbocycles. The summed E-state index contributed by atoms with van der Waals surface area (Å²) in [5.41, 5.74) is 6.87. The maximum Gasteiger partial charge on any atom is 0.188 e. The maximum atomic E-state index is 10.1. The largest absolute Gasteiger partial charge is 0.409 e. The molecule has 0 bridgehead atoms. The Morgan fingerprint density at radius 3 is 2.89 bits per heavy atom. The van der Waals surface area contributed by atoms with Crippen molar-refractivity contribution in [3.05, 3.63) is 24.0 Å². The number of nitrogens with two attached hydrogens (primary N) is 1. The summed E-state index contributed by atoms with van der Waals surface area (Å²) in [6, 6.07) is 3.72. The monoisotopic (exact) mass is 264 g/mol. The van der Waals surface area contributed by atoms with E-state index in [9.17, 15) is 5.11 Å². The van der Waals surface area contributed by atoms with Gasteiger partial charge in [0, 0.05) is 18.9 Å². The van der Waals surface area contributed by atoms with Gasteiger partial charge in [0.2, 0.25) is 0 Å². The van der Waals surface area contributed by atoms with Gasteiger partial charge in [-0.2, -0.15) is 0 Å². The van der Waals surface area contributed by atoms with Gasteiger partial charge in [0.25, 0.3) is 0 Å². The molecule has 19 heavy (non-hydrogen) atoms. The number of aliphatic hydroxyl groups excluding tert-OH is 1. The fourth-order valence-corrected chi connectivity index (χ4v) is 2.57. The van der Waals surface area contributed by atoms with Crippen molar-refractivity contribution in [3.8, 4) is 0 Å². The van der Waals surface area contributed by atoms with E-state index in [2.05, 4.69) is 10.1 Å². The fourth-order valence-electron chi connectivity index (χ4n) is 2.57. The Kier molecular flexibility index (Phi) is 4.21. The van der Waals surface area contributed by atoms with Crippen molar-refractivity contribution in [2.45, 2.75) is 37.8 Å². The van der Waals surface area contributed by atoms with Crippen LogP contribution in [0.3, 0.4) is 0 Å². The number of amidine groups is 1. The molecule has 1 fully saturated rings. The van der Waals surface area contributed by atoms with Crippen molar-refractivity contribution in [1.82, 2.24) is 4.98 Å². The summed E-state index contributed by atoms with van der Waals surface area (Å²) >= 11 is 0. The van der Waals surface area contributed by atoms with Crippen LogP contribution >= 0.6 is 0 Å². The van der Waals surface area contributed by atoms with Crippen molar-refractivity contribution < 1.29 is 10.3 Å². The van der Waals surface area contributed by atoms with E-state index in [1.54, 1.807) is 12.3 Å². The first-order chi connectivity index (χ1) is 9.13. The number of aromatic nitrogens is 1. The predicted molar refractivity (Wildman–Crippen MR) is 73.4 cm³/mol. The van der Waals surface area contributed by atoms with E-state index in [-0.39, 0.29) is 18.0 Å². The molecule has 4 N–H and O–H groups in total. The normalized spacial score (nSPS) is 24.2. The molecule has 1 heterocycles. The maximum absolute atomic E-state index is 10.1. The molecule has 0 saturated heterocycles. The second-order valence-electron chi connectivity index (χ2n) is 4.91. The number of pyridine rings is 1. The highest BCUT2D eigenvalue weighted by molar-refractivity contribution is 5.95. The van der Waals surface area contributed by atoms with Gasteiger partial charge in [0.05, 0.1) is 12.1 Å². The first-order valence-corrected chi connectivity index (χ1v) is 6.48. The standard InChI is InChI=1S/C13H20N4O2/c1-17(11-4-2-3-5-12(11)18)9-6-7-15-10(8-9)13(14)16-19/h6-8,11-12,18-19H,2-5H2,1H3,(H2,14,16). The molecular formula is C13H20N4O2. The minimum absolute atomic E-state index is 0.0144. The summed E-state index contributed by atoms with van der Waals surface area (Å²) in [7, 11) is 1.95. The van der Waals surface area contributed by atoms with Gasteiger partial charge < -0.3 is 20.9 Å². The second kappa shape index (κ2) is 5.88. The average molecular weight is 264 g/mol. The highest BCUT2D eigenvalue weighted by Gasteiger charge is 2.27. The summed E-state index contributed by atoms with van der Waals surface area (Å²) in [4.78, 5) is 6.09. The van der Waals surface area contributed by atoms with Gasteiger partial charge in [-0.15, -0.1) is 0 Å². The van der Waals surface area contributed by atoms with E-state index in [1.165, 1.54) is 0 Å². The van der Waals surface area contributed by atoms with Gasteiger partial charge >= 0.3 is 0 Å². The topological polar surface area (TPSA) is 95.0 Å². The van der Waals surface area contributed by atoms with Crippen LogP contribution < -0.4 is 10.6 Å². The molecule has 6 heteroatoms. The van der Waals surface area contributed by atoms with E-state index < -0.39 is 0 Å². The molecule has 0 radical (unpaired) electrons. The Labute approximate surface area is 112 Å². The summed E-state index contributed by atoms with van der Waals surface area (Å²) in [6.07, 6.45) is 5.33. The first-order valence-electron chi connectivity index (χ1n) is 6.48. The van der Waals surface area contributed by atoms with Crippen LogP contribution in [0.25, 0.3) is 0 Å². The number of hydrogen-bond acceptors (Lipinski definition) is 5. The van der Waals surface area contributed by atoms with Gasteiger partial charge in [-0.3, -0.25) is 4.98 Å². The Balaban J connectivity index is 2.21. The number of aliphatic hydroxyl groups is 1. The smallest absolute Gasteiger partial charge is 0.188 e. The number of nitrogens with zero attached hydrogens (tertiary/aromatic N) is 3. The molecule has 1 aliphatic rings. The van der Waals surface area contributed by atoms with Crippen LogP contribution in [0.4, 0.5) is 5.69 Å². The van der Waals surface area contributed by atoms with Crippen molar-refractivity contribution in [3.63, 3.8) is 0 Å². The highest BCUT2D eigenvalue weighted by atomic mass is 16.4. The van der Waals surface area contributed by atoms with Crippen LogP contribution in [0, 0.1) is 0 Å². The fraction of sp³-hybridized carbons (Fsp3) is 0.538. The second-order valence-corrected chi connectivity index (χ2v) is 4.91. The summed E-state index contributed by atoms with van der Waals surface area (Å²) < 4.78 is 0. The molecule has 0 spiro atoms. The zero-order valence-electron chi connectivity index (χ0n) is 11.0. The summed E-state index contributed by atoms with van der Waals surface area (Å²) in [5, 5.41) is 21.7. The lowest BCUT2D eigenvalue weighted by Crippen LogP contribution is -2.43. The lowest BCUT2D eigenvalue weighted by molar-refractivity contribution is 0.106.